The van der Waals surface area contributed by atoms with E-state index in [0.29, 0.717) is 10.0 Å². The first kappa shape index (κ1) is 27.0. The van der Waals surface area contributed by atoms with Gasteiger partial charge in [-0.05, 0) is 61.5 Å². The first-order chi connectivity index (χ1) is 18.2. The summed E-state index contributed by atoms with van der Waals surface area (Å²) in [6.45, 7) is 1.02. The third kappa shape index (κ3) is 5.17. The molecule has 1 aromatic heterocycles. The van der Waals surface area contributed by atoms with E-state index in [4.69, 9.17) is 11.6 Å². The predicted molar refractivity (Wildman–Crippen MR) is 148 cm³/mol. The van der Waals surface area contributed by atoms with Crippen LogP contribution in [0.4, 0.5) is 0 Å². The Morgan fingerprint density at radius 1 is 1.08 bits per heavy atom. The number of piperidine rings is 1. The van der Waals surface area contributed by atoms with E-state index < -0.39 is 22.0 Å². The van der Waals surface area contributed by atoms with Gasteiger partial charge in [-0.25, -0.2) is 13.4 Å². The van der Waals surface area contributed by atoms with Gasteiger partial charge in [0.2, 0.25) is 15.9 Å². The van der Waals surface area contributed by atoms with Crippen molar-refractivity contribution in [3.63, 3.8) is 0 Å². The Hall–Kier alpha value is -2.57. The van der Waals surface area contributed by atoms with Crippen LogP contribution in [0.15, 0.2) is 47.5 Å². The van der Waals surface area contributed by atoms with Crippen molar-refractivity contribution in [3.8, 4) is 0 Å². The molecule has 2 aliphatic rings. The average molecular weight is 576 g/mol. The maximum absolute atomic E-state index is 13.6. The van der Waals surface area contributed by atoms with Gasteiger partial charge in [0, 0.05) is 48.8 Å². The van der Waals surface area contributed by atoms with Crippen LogP contribution >= 0.6 is 22.9 Å². The lowest BCUT2D eigenvalue weighted by molar-refractivity contribution is -0.126. The lowest BCUT2D eigenvalue weighted by Gasteiger charge is -2.39. The number of benzene rings is 2. The van der Waals surface area contributed by atoms with Gasteiger partial charge in [0.1, 0.15) is 6.04 Å². The molecule has 5 rings (SSSR count). The molecule has 38 heavy (non-hydrogen) atoms. The number of carbonyl (C=O) groups is 2. The molecule has 12 heteroatoms. The van der Waals surface area contributed by atoms with Gasteiger partial charge in [0.25, 0.3) is 5.91 Å². The monoisotopic (exact) mass is 575 g/mol. The molecule has 2 saturated heterocycles. The van der Waals surface area contributed by atoms with Crippen molar-refractivity contribution in [1.82, 2.24) is 24.4 Å². The molecule has 2 aromatic carbocycles. The molecule has 2 amide bonds. The molecule has 2 fully saturated rings. The standard InChI is InChI=1S/C26H30ClN5O4S2/c1-28-24(33)22-16-31(38(35,36)20-9-7-17-13-19(27)8-6-18(17)14-20)11-12-32(22)26(34)25-29-15-23(37-25)21-5-3-4-10-30(21)2/h6-9,13-15,21-22H,3-5,10-12,16H2,1-2H3,(H,28,33). The summed E-state index contributed by atoms with van der Waals surface area (Å²) in [4.78, 5) is 35.7. The number of fused-ring (bicyclic) bond motifs is 1. The number of hydrogen-bond donors (Lipinski definition) is 1. The number of aromatic nitrogens is 1. The van der Waals surface area contributed by atoms with E-state index in [9.17, 15) is 18.0 Å². The molecular formula is C26H30ClN5O4S2. The maximum atomic E-state index is 13.6. The first-order valence-electron chi connectivity index (χ1n) is 12.6. The van der Waals surface area contributed by atoms with E-state index in [1.54, 1.807) is 42.6 Å². The molecular weight excluding hydrogens is 546 g/mol. The van der Waals surface area contributed by atoms with Gasteiger partial charge >= 0.3 is 0 Å². The fraction of sp³-hybridized carbons (Fsp3) is 0.423. The summed E-state index contributed by atoms with van der Waals surface area (Å²) in [6, 6.07) is 9.38. The van der Waals surface area contributed by atoms with Crippen LogP contribution in [-0.2, 0) is 14.8 Å². The largest absolute Gasteiger partial charge is 0.357 e. The normalized spacial score (nSPS) is 21.5. The second kappa shape index (κ2) is 10.9. The summed E-state index contributed by atoms with van der Waals surface area (Å²) in [5, 5.41) is 5.05. The molecule has 0 aliphatic carbocycles. The third-order valence-corrected chi connectivity index (χ3v) is 10.6. The number of amides is 2. The molecule has 0 saturated carbocycles. The fourth-order valence-corrected chi connectivity index (χ4v) is 7.94. The zero-order valence-electron chi connectivity index (χ0n) is 21.3. The Balaban J connectivity index is 1.37. The van der Waals surface area contributed by atoms with Crippen LogP contribution in [0.25, 0.3) is 10.8 Å². The number of hydrogen-bond acceptors (Lipinski definition) is 7. The number of nitrogens with one attached hydrogen (secondary N) is 1. The van der Waals surface area contributed by atoms with Crippen molar-refractivity contribution in [3.05, 3.63) is 57.5 Å². The number of halogens is 1. The summed E-state index contributed by atoms with van der Waals surface area (Å²) in [5.74, 6) is -0.775. The number of carbonyl (C=O) groups excluding carboxylic acids is 2. The Labute approximate surface area is 231 Å². The van der Waals surface area contributed by atoms with Gasteiger partial charge in [0.05, 0.1) is 4.90 Å². The number of rotatable bonds is 5. The number of likely N-dealkylation sites (tertiary alicyclic amines) is 1. The molecule has 2 aliphatic heterocycles. The average Bonchev–Trinajstić information content (AvgIpc) is 3.42. The topological polar surface area (TPSA) is 103 Å². The number of likely N-dealkylation sites (N-methyl/N-ethyl adjacent to an activating group) is 1. The first-order valence-corrected chi connectivity index (χ1v) is 15.2. The second-order valence-corrected chi connectivity index (χ2v) is 13.1. The van der Waals surface area contributed by atoms with Crippen LogP contribution in [-0.4, -0.2) is 85.6 Å². The van der Waals surface area contributed by atoms with Crippen molar-refractivity contribution in [1.29, 1.82) is 0 Å². The van der Waals surface area contributed by atoms with Crippen molar-refractivity contribution in [2.45, 2.75) is 36.2 Å². The van der Waals surface area contributed by atoms with Gasteiger partial charge < -0.3 is 10.2 Å². The smallest absolute Gasteiger partial charge is 0.283 e. The van der Waals surface area contributed by atoms with Gasteiger partial charge in [-0.15, -0.1) is 11.3 Å². The molecule has 2 unspecified atom stereocenters. The molecule has 202 valence electrons. The molecule has 1 N–H and O–H groups in total. The van der Waals surface area contributed by atoms with E-state index in [0.717, 1.165) is 41.5 Å². The highest BCUT2D eigenvalue weighted by atomic mass is 35.5. The van der Waals surface area contributed by atoms with Crippen LogP contribution in [0.3, 0.4) is 0 Å². The van der Waals surface area contributed by atoms with Gasteiger partial charge in [-0.3, -0.25) is 14.5 Å². The highest BCUT2D eigenvalue weighted by Crippen LogP contribution is 2.34. The fourth-order valence-electron chi connectivity index (χ4n) is 5.21. The van der Waals surface area contributed by atoms with Gasteiger partial charge in [0.15, 0.2) is 5.01 Å². The second-order valence-electron chi connectivity index (χ2n) is 9.70. The summed E-state index contributed by atoms with van der Waals surface area (Å²) >= 11 is 7.41. The molecule has 0 bridgehead atoms. The minimum absolute atomic E-state index is 0.0732. The summed E-state index contributed by atoms with van der Waals surface area (Å²) in [6.07, 6.45) is 5.07. The van der Waals surface area contributed by atoms with Crippen LogP contribution in [0.1, 0.15) is 40.0 Å². The lowest BCUT2D eigenvalue weighted by atomic mass is 10.0. The molecule has 0 radical (unpaired) electrons. The Kier molecular flexibility index (Phi) is 7.74. The number of sulfonamides is 1. The minimum Gasteiger partial charge on any atom is -0.357 e. The molecule has 3 heterocycles. The van der Waals surface area contributed by atoms with Crippen molar-refractivity contribution in [2.24, 2.45) is 0 Å². The van der Waals surface area contributed by atoms with E-state index in [1.807, 2.05) is 0 Å². The number of nitrogens with zero attached hydrogens (tertiary/aromatic N) is 4. The van der Waals surface area contributed by atoms with Crippen LogP contribution < -0.4 is 5.32 Å². The zero-order chi connectivity index (χ0) is 27.0. The zero-order valence-corrected chi connectivity index (χ0v) is 23.7. The van der Waals surface area contributed by atoms with Crippen molar-refractivity contribution in [2.75, 3.05) is 40.3 Å². The van der Waals surface area contributed by atoms with E-state index >= 15 is 0 Å². The number of thiazole rings is 1. The van der Waals surface area contributed by atoms with Crippen LogP contribution in [0, 0.1) is 0 Å². The molecule has 2 atom stereocenters. The highest BCUT2D eigenvalue weighted by Gasteiger charge is 2.40. The van der Waals surface area contributed by atoms with E-state index in [1.165, 1.54) is 27.6 Å². The summed E-state index contributed by atoms with van der Waals surface area (Å²) in [5.41, 5.74) is 0. The molecule has 0 spiro atoms. The SMILES string of the molecule is CNC(=O)C1CN(S(=O)(=O)c2ccc3cc(Cl)ccc3c2)CCN1C(=O)c1ncc(C2CCCCN2C)s1. The summed E-state index contributed by atoms with van der Waals surface area (Å²) in [7, 11) is -0.345. The summed E-state index contributed by atoms with van der Waals surface area (Å²) < 4.78 is 28.4. The maximum Gasteiger partial charge on any atom is 0.283 e. The molecule has 3 aromatic rings. The third-order valence-electron chi connectivity index (χ3n) is 7.37. The van der Waals surface area contributed by atoms with E-state index in [-0.39, 0.29) is 36.5 Å². The quantitative estimate of drug-likeness (QED) is 0.500. The molecule has 9 nitrogen and oxygen atoms in total. The van der Waals surface area contributed by atoms with Crippen molar-refractivity contribution >= 4 is 55.5 Å². The van der Waals surface area contributed by atoms with Crippen LogP contribution in [0.2, 0.25) is 5.02 Å². The predicted octanol–water partition coefficient (Wildman–Crippen LogP) is 3.37. The van der Waals surface area contributed by atoms with Crippen molar-refractivity contribution < 1.29 is 18.0 Å². The lowest BCUT2D eigenvalue weighted by Crippen LogP contribution is -2.61. The Morgan fingerprint density at radius 2 is 1.84 bits per heavy atom. The Morgan fingerprint density at radius 3 is 2.61 bits per heavy atom. The number of piperazine rings is 1. The Bertz CT molecular complexity index is 1480. The van der Waals surface area contributed by atoms with E-state index in [2.05, 4.69) is 22.2 Å². The van der Waals surface area contributed by atoms with Gasteiger partial charge in [-0.2, -0.15) is 4.31 Å². The van der Waals surface area contributed by atoms with Crippen LogP contribution in [0.5, 0.6) is 0 Å². The highest BCUT2D eigenvalue weighted by molar-refractivity contribution is 7.89. The minimum atomic E-state index is -3.90. The van der Waals surface area contributed by atoms with Gasteiger partial charge in [-0.1, -0.05) is 30.2 Å².